The second-order valence-electron chi connectivity index (χ2n) is 8.59. The smallest absolute Gasteiger partial charge is 0.253 e. The number of methoxy groups -OCH3 is 1. The topological polar surface area (TPSA) is 109 Å². The third kappa shape index (κ3) is 8.56. The number of rotatable bonds is 11. The Morgan fingerprint density at radius 3 is 2.57 bits per heavy atom. The molecule has 188 valence electrons. The zero-order valence-electron chi connectivity index (χ0n) is 20.0. The lowest BCUT2D eigenvalue weighted by Crippen LogP contribution is -2.36. The average molecular weight is 501 g/mol. The molecule has 0 spiro atoms. The molecule has 1 aliphatic carbocycles. The molecule has 0 unspecified atom stereocenters. The average Bonchev–Trinajstić information content (AvgIpc) is 2.87. The van der Waals surface area contributed by atoms with Gasteiger partial charge in [0.15, 0.2) is 0 Å². The van der Waals surface area contributed by atoms with Gasteiger partial charge in [-0.15, -0.1) is 0 Å². The maximum Gasteiger partial charge on any atom is 0.253 e. The van der Waals surface area contributed by atoms with Crippen molar-refractivity contribution in [2.24, 2.45) is 0 Å². The van der Waals surface area contributed by atoms with Gasteiger partial charge in [0.25, 0.3) is 11.8 Å². The van der Waals surface area contributed by atoms with Gasteiger partial charge in [0, 0.05) is 43.2 Å². The summed E-state index contributed by atoms with van der Waals surface area (Å²) in [6.07, 6.45) is 6.11. The summed E-state index contributed by atoms with van der Waals surface area (Å²) in [5, 5.41) is 12.0. The molecule has 2 aromatic rings. The minimum Gasteiger partial charge on any atom is -0.385 e. The van der Waals surface area contributed by atoms with Gasteiger partial charge in [-0.1, -0.05) is 36.9 Å². The number of carbonyl (C=O) groups is 3. The summed E-state index contributed by atoms with van der Waals surface area (Å²) in [5.74, 6) is -0.705. The number of benzene rings is 2. The minimum absolute atomic E-state index is 0.00879. The highest BCUT2D eigenvalue weighted by molar-refractivity contribution is 6.34. The van der Waals surface area contributed by atoms with Crippen LogP contribution in [0.4, 0.5) is 11.4 Å². The van der Waals surface area contributed by atoms with Crippen LogP contribution in [0.1, 0.15) is 59.2 Å². The van der Waals surface area contributed by atoms with Crippen molar-refractivity contribution in [1.82, 2.24) is 10.6 Å². The van der Waals surface area contributed by atoms with E-state index >= 15 is 0 Å². The molecular formula is C26H33ClN4O4. The first-order valence-corrected chi connectivity index (χ1v) is 12.4. The molecule has 1 fully saturated rings. The maximum atomic E-state index is 12.7. The molecule has 2 aromatic carbocycles. The van der Waals surface area contributed by atoms with Crippen LogP contribution >= 0.6 is 11.6 Å². The molecule has 1 saturated carbocycles. The van der Waals surface area contributed by atoms with Gasteiger partial charge in [-0.2, -0.15) is 0 Å². The van der Waals surface area contributed by atoms with Gasteiger partial charge in [0.1, 0.15) is 0 Å². The quantitative estimate of drug-likeness (QED) is 0.345. The zero-order valence-corrected chi connectivity index (χ0v) is 20.7. The van der Waals surface area contributed by atoms with E-state index in [0.29, 0.717) is 40.7 Å². The highest BCUT2D eigenvalue weighted by Gasteiger charge is 2.19. The van der Waals surface area contributed by atoms with E-state index in [4.69, 9.17) is 16.3 Å². The Labute approximate surface area is 211 Å². The molecule has 0 bridgehead atoms. The Balaban J connectivity index is 1.52. The van der Waals surface area contributed by atoms with Crippen LogP contribution < -0.4 is 21.3 Å². The second-order valence-corrected chi connectivity index (χ2v) is 9.00. The maximum absolute atomic E-state index is 12.7. The van der Waals surface area contributed by atoms with Gasteiger partial charge in [-0.05, 0) is 55.7 Å². The predicted molar refractivity (Wildman–Crippen MR) is 138 cm³/mol. The second kappa shape index (κ2) is 13.7. The number of hydrogen-bond donors (Lipinski definition) is 4. The van der Waals surface area contributed by atoms with Gasteiger partial charge in [-0.3, -0.25) is 14.4 Å². The number of anilines is 2. The summed E-state index contributed by atoms with van der Waals surface area (Å²) in [6, 6.07) is 12.0. The molecule has 0 atom stereocenters. The predicted octanol–water partition coefficient (Wildman–Crippen LogP) is 4.22. The first-order valence-electron chi connectivity index (χ1n) is 12.0. The molecular weight excluding hydrogens is 468 g/mol. The molecule has 4 N–H and O–H groups in total. The minimum atomic E-state index is -0.291. The SMILES string of the molecule is COCCCNC(=O)c1cccc(NCC(=O)Nc2ccc(Cl)c(C(=O)NC3CCCCC3)c2)c1. The highest BCUT2D eigenvalue weighted by Crippen LogP contribution is 2.23. The van der Waals surface area contributed by atoms with E-state index in [0.717, 1.165) is 32.1 Å². The standard InChI is InChI=1S/C26H33ClN4O4/c1-35-14-6-13-28-25(33)18-7-5-10-20(15-18)29-17-24(32)30-21-11-12-23(27)22(16-21)26(34)31-19-8-3-2-4-9-19/h5,7,10-12,15-16,19,29H,2-4,6,8-9,13-14,17H2,1H3,(H,28,33)(H,30,32)(H,31,34). The lowest BCUT2D eigenvalue weighted by atomic mass is 9.95. The molecule has 0 aliphatic heterocycles. The lowest BCUT2D eigenvalue weighted by Gasteiger charge is -2.23. The van der Waals surface area contributed by atoms with E-state index in [2.05, 4.69) is 21.3 Å². The Morgan fingerprint density at radius 2 is 1.80 bits per heavy atom. The largest absolute Gasteiger partial charge is 0.385 e. The summed E-state index contributed by atoms with van der Waals surface area (Å²) >= 11 is 6.25. The lowest BCUT2D eigenvalue weighted by molar-refractivity contribution is -0.114. The Bertz CT molecular complexity index is 1020. The van der Waals surface area contributed by atoms with Crippen LogP contribution in [0.15, 0.2) is 42.5 Å². The third-order valence-electron chi connectivity index (χ3n) is 5.82. The van der Waals surface area contributed by atoms with Crippen LogP contribution in [-0.4, -0.2) is 50.6 Å². The first kappa shape index (κ1) is 26.5. The van der Waals surface area contributed by atoms with Crippen LogP contribution in [0.5, 0.6) is 0 Å². The fourth-order valence-corrected chi connectivity index (χ4v) is 4.17. The summed E-state index contributed by atoms with van der Waals surface area (Å²) in [4.78, 5) is 37.5. The highest BCUT2D eigenvalue weighted by atomic mass is 35.5. The number of amides is 3. The number of carbonyl (C=O) groups excluding carboxylic acids is 3. The fourth-order valence-electron chi connectivity index (χ4n) is 3.97. The van der Waals surface area contributed by atoms with Crippen LogP contribution in [0.2, 0.25) is 5.02 Å². The normalized spacial score (nSPS) is 13.7. The number of hydrogen-bond acceptors (Lipinski definition) is 5. The van der Waals surface area contributed by atoms with Crippen molar-refractivity contribution in [3.8, 4) is 0 Å². The van der Waals surface area contributed by atoms with E-state index < -0.39 is 0 Å². The van der Waals surface area contributed by atoms with Crippen molar-refractivity contribution in [3.63, 3.8) is 0 Å². The number of ether oxygens (including phenoxy) is 1. The van der Waals surface area contributed by atoms with Crippen LogP contribution in [0.3, 0.4) is 0 Å². The molecule has 3 rings (SSSR count). The molecule has 1 aliphatic rings. The van der Waals surface area contributed by atoms with Crippen molar-refractivity contribution in [1.29, 1.82) is 0 Å². The Kier molecular flexibility index (Phi) is 10.4. The van der Waals surface area contributed by atoms with Crippen molar-refractivity contribution in [3.05, 3.63) is 58.6 Å². The van der Waals surface area contributed by atoms with Crippen LogP contribution in [0, 0.1) is 0 Å². The van der Waals surface area contributed by atoms with Gasteiger partial charge >= 0.3 is 0 Å². The van der Waals surface area contributed by atoms with Crippen LogP contribution in [-0.2, 0) is 9.53 Å². The molecule has 3 amide bonds. The summed E-state index contributed by atoms with van der Waals surface area (Å²) < 4.78 is 4.97. The Hall–Kier alpha value is -3.10. The molecule has 0 radical (unpaired) electrons. The Morgan fingerprint density at radius 1 is 1.00 bits per heavy atom. The summed E-state index contributed by atoms with van der Waals surface area (Å²) in [5.41, 5.74) is 1.97. The molecule has 0 aromatic heterocycles. The molecule has 8 nitrogen and oxygen atoms in total. The van der Waals surface area contributed by atoms with Crippen molar-refractivity contribution < 1.29 is 19.1 Å². The van der Waals surface area contributed by atoms with Crippen molar-refractivity contribution in [2.45, 2.75) is 44.6 Å². The fraction of sp³-hybridized carbons (Fsp3) is 0.423. The molecule has 35 heavy (non-hydrogen) atoms. The van der Waals surface area contributed by atoms with E-state index in [1.54, 1.807) is 49.6 Å². The molecule has 0 heterocycles. The number of halogens is 1. The van der Waals surface area contributed by atoms with E-state index in [9.17, 15) is 14.4 Å². The monoisotopic (exact) mass is 500 g/mol. The third-order valence-corrected chi connectivity index (χ3v) is 6.15. The summed E-state index contributed by atoms with van der Waals surface area (Å²) in [7, 11) is 1.62. The summed E-state index contributed by atoms with van der Waals surface area (Å²) in [6.45, 7) is 1.09. The van der Waals surface area contributed by atoms with Crippen molar-refractivity contribution in [2.75, 3.05) is 37.4 Å². The molecule has 9 heteroatoms. The first-order chi connectivity index (χ1) is 17.0. The van der Waals surface area contributed by atoms with E-state index in [1.807, 2.05) is 0 Å². The number of nitrogens with one attached hydrogen (secondary N) is 4. The van der Waals surface area contributed by atoms with Crippen molar-refractivity contribution >= 4 is 40.7 Å². The van der Waals surface area contributed by atoms with Gasteiger partial charge in [0.05, 0.1) is 17.1 Å². The zero-order chi connectivity index (χ0) is 25.0. The molecule has 0 saturated heterocycles. The van der Waals surface area contributed by atoms with Gasteiger partial charge in [0.2, 0.25) is 5.91 Å². The van der Waals surface area contributed by atoms with Crippen LogP contribution in [0.25, 0.3) is 0 Å². The van der Waals surface area contributed by atoms with Gasteiger partial charge < -0.3 is 26.0 Å². The van der Waals surface area contributed by atoms with Gasteiger partial charge in [-0.25, -0.2) is 0 Å². The van der Waals surface area contributed by atoms with E-state index in [-0.39, 0.29) is 30.3 Å². The van der Waals surface area contributed by atoms with E-state index in [1.165, 1.54) is 6.42 Å².